The SMILES string of the molecule is CCOC(=O)C1=C(C)N=c2s/c(=C\c3cc(OC)c(OCc4ccc(Cl)cc4)cc3Br)c(=O)n2[C@H]1c1ccc(OCC(=O)OC)c(OCC)c1. The van der Waals surface area contributed by atoms with E-state index in [1.807, 2.05) is 12.1 Å². The summed E-state index contributed by atoms with van der Waals surface area (Å²) in [5, 5.41) is 0.637. The first-order valence-corrected chi connectivity index (χ1v) is 17.5. The third-order valence-corrected chi connectivity index (χ3v) is 9.47. The molecule has 3 aromatic carbocycles. The second-order valence-corrected chi connectivity index (χ2v) is 13.0. The van der Waals surface area contributed by atoms with Crippen LogP contribution in [0.4, 0.5) is 0 Å². The van der Waals surface area contributed by atoms with E-state index in [-0.39, 0.29) is 24.3 Å². The van der Waals surface area contributed by atoms with Gasteiger partial charge in [0.2, 0.25) is 0 Å². The van der Waals surface area contributed by atoms with Gasteiger partial charge < -0.3 is 28.4 Å². The minimum Gasteiger partial charge on any atom is -0.493 e. The lowest BCUT2D eigenvalue weighted by atomic mass is 9.95. The molecule has 262 valence electrons. The Morgan fingerprint density at radius 2 is 1.70 bits per heavy atom. The molecule has 0 aliphatic carbocycles. The fraction of sp³-hybridized carbons (Fsp3) is 0.278. The van der Waals surface area contributed by atoms with Gasteiger partial charge in [-0.2, -0.15) is 0 Å². The fourth-order valence-corrected chi connectivity index (χ4v) is 6.80. The number of halogens is 2. The van der Waals surface area contributed by atoms with Gasteiger partial charge in [0.1, 0.15) is 6.61 Å². The van der Waals surface area contributed by atoms with Crippen LogP contribution in [0.5, 0.6) is 23.0 Å². The number of carbonyl (C=O) groups excluding carboxylic acids is 2. The van der Waals surface area contributed by atoms with E-state index < -0.39 is 18.0 Å². The molecule has 4 aromatic rings. The monoisotopic (exact) mass is 784 g/mol. The first-order chi connectivity index (χ1) is 24.1. The first kappa shape index (κ1) is 36.7. The highest BCUT2D eigenvalue weighted by molar-refractivity contribution is 9.10. The molecular formula is C36H34BrClN2O9S. The average molecular weight is 786 g/mol. The zero-order chi connectivity index (χ0) is 35.9. The van der Waals surface area contributed by atoms with Crippen LogP contribution < -0.4 is 33.8 Å². The smallest absolute Gasteiger partial charge is 0.343 e. The zero-order valence-corrected chi connectivity index (χ0v) is 31.1. The average Bonchev–Trinajstić information content (AvgIpc) is 3.41. The van der Waals surface area contributed by atoms with Crippen LogP contribution in [0.15, 0.2) is 80.1 Å². The highest BCUT2D eigenvalue weighted by atomic mass is 79.9. The number of fused-ring (bicyclic) bond motifs is 1. The Bertz CT molecular complexity index is 2130. The predicted molar refractivity (Wildman–Crippen MR) is 192 cm³/mol. The molecule has 1 aliphatic heterocycles. The minimum atomic E-state index is -0.900. The maximum Gasteiger partial charge on any atom is 0.343 e. The standard InChI is InChI=1S/C36H34BrClN2O9S/c1-6-46-28-14-22(10-13-26(28)49-19-31(41)45-5)33-32(35(43)47-7-2)20(3)39-36-40(33)34(42)30(50-36)16-23-15-27(44-4)29(17-25(23)37)48-18-21-8-11-24(38)12-9-21/h8-17,33H,6-7,18-19H2,1-5H3/b30-16-/t33-/m0/s1. The number of ether oxygens (including phenoxy) is 6. The molecular weight excluding hydrogens is 752 g/mol. The molecule has 5 rings (SSSR count). The van der Waals surface area contributed by atoms with Crippen molar-refractivity contribution in [1.29, 1.82) is 0 Å². The van der Waals surface area contributed by atoms with E-state index in [1.54, 1.807) is 69.3 Å². The molecule has 0 fully saturated rings. The Kier molecular flexibility index (Phi) is 12.0. The molecule has 0 bridgehead atoms. The number of benzene rings is 3. The minimum absolute atomic E-state index is 0.131. The highest BCUT2D eigenvalue weighted by Crippen LogP contribution is 2.37. The molecule has 0 N–H and O–H groups in total. The molecule has 14 heteroatoms. The molecule has 0 saturated heterocycles. The van der Waals surface area contributed by atoms with Gasteiger partial charge in [-0.1, -0.05) is 57.1 Å². The third kappa shape index (κ3) is 8.06. The molecule has 1 aliphatic rings. The third-order valence-electron chi connectivity index (χ3n) is 7.55. The van der Waals surface area contributed by atoms with Gasteiger partial charge in [0.15, 0.2) is 34.4 Å². The van der Waals surface area contributed by atoms with Gasteiger partial charge in [-0.3, -0.25) is 9.36 Å². The van der Waals surface area contributed by atoms with Crippen molar-refractivity contribution < 1.29 is 38.0 Å². The van der Waals surface area contributed by atoms with Gasteiger partial charge in [0, 0.05) is 9.50 Å². The van der Waals surface area contributed by atoms with Crippen LogP contribution in [0.2, 0.25) is 5.02 Å². The topological polar surface area (TPSA) is 124 Å². The molecule has 50 heavy (non-hydrogen) atoms. The summed E-state index contributed by atoms with van der Waals surface area (Å²) in [6.07, 6.45) is 1.73. The molecule has 11 nitrogen and oxygen atoms in total. The van der Waals surface area contributed by atoms with E-state index in [0.29, 0.717) is 71.9 Å². The number of esters is 2. The summed E-state index contributed by atoms with van der Waals surface area (Å²) in [6.45, 7) is 5.62. The van der Waals surface area contributed by atoms with Crippen molar-refractivity contribution in [2.75, 3.05) is 34.0 Å². The second-order valence-electron chi connectivity index (χ2n) is 10.7. The molecule has 0 amide bonds. The molecule has 0 spiro atoms. The number of hydrogen-bond acceptors (Lipinski definition) is 11. The summed E-state index contributed by atoms with van der Waals surface area (Å²) in [4.78, 5) is 44.5. The normalized spacial score (nSPS) is 14.1. The number of allylic oxidation sites excluding steroid dienone is 1. The van der Waals surface area contributed by atoms with E-state index in [4.69, 9.17) is 35.3 Å². The van der Waals surface area contributed by atoms with Crippen molar-refractivity contribution in [3.8, 4) is 23.0 Å². The maximum absolute atomic E-state index is 14.3. The van der Waals surface area contributed by atoms with Crippen LogP contribution in [-0.4, -0.2) is 50.5 Å². The van der Waals surface area contributed by atoms with E-state index in [2.05, 4.69) is 25.7 Å². The summed E-state index contributed by atoms with van der Waals surface area (Å²) in [6, 6.07) is 15.0. The van der Waals surface area contributed by atoms with Crippen LogP contribution in [0, 0.1) is 0 Å². The van der Waals surface area contributed by atoms with Crippen molar-refractivity contribution in [2.24, 2.45) is 4.99 Å². The fourth-order valence-electron chi connectivity index (χ4n) is 5.20. The number of nitrogens with zero attached hydrogens (tertiary/aromatic N) is 2. The number of thiazole rings is 1. The van der Waals surface area contributed by atoms with Crippen LogP contribution >= 0.6 is 38.9 Å². The molecule has 0 radical (unpaired) electrons. The zero-order valence-electron chi connectivity index (χ0n) is 27.9. The van der Waals surface area contributed by atoms with Gasteiger partial charge in [-0.25, -0.2) is 14.6 Å². The van der Waals surface area contributed by atoms with E-state index in [0.717, 1.165) is 5.56 Å². The van der Waals surface area contributed by atoms with Crippen molar-refractivity contribution >= 4 is 56.9 Å². The van der Waals surface area contributed by atoms with Crippen molar-refractivity contribution in [2.45, 2.75) is 33.4 Å². The van der Waals surface area contributed by atoms with Crippen molar-refractivity contribution in [3.05, 3.63) is 112 Å². The molecule has 0 unspecified atom stereocenters. The highest BCUT2D eigenvalue weighted by Gasteiger charge is 2.34. The quantitative estimate of drug-likeness (QED) is 0.156. The maximum atomic E-state index is 14.3. The Hall–Kier alpha value is -4.59. The predicted octanol–water partition coefficient (Wildman–Crippen LogP) is 5.75. The van der Waals surface area contributed by atoms with E-state index >= 15 is 0 Å². The first-order valence-electron chi connectivity index (χ1n) is 15.5. The van der Waals surface area contributed by atoms with Gasteiger partial charge in [0.05, 0.1) is 49.3 Å². The van der Waals surface area contributed by atoms with Crippen LogP contribution in [0.1, 0.15) is 43.5 Å². The number of rotatable bonds is 13. The Morgan fingerprint density at radius 3 is 2.38 bits per heavy atom. The number of aromatic nitrogens is 1. The van der Waals surface area contributed by atoms with E-state index in [1.165, 1.54) is 30.1 Å². The number of hydrogen-bond donors (Lipinski definition) is 0. The van der Waals surface area contributed by atoms with Crippen molar-refractivity contribution in [3.63, 3.8) is 0 Å². The van der Waals surface area contributed by atoms with Crippen molar-refractivity contribution in [1.82, 2.24) is 4.57 Å². The lowest BCUT2D eigenvalue weighted by molar-refractivity contribution is -0.143. The summed E-state index contributed by atoms with van der Waals surface area (Å²) >= 11 is 10.8. The lowest BCUT2D eigenvalue weighted by Gasteiger charge is -2.25. The van der Waals surface area contributed by atoms with Gasteiger partial charge in [0.25, 0.3) is 5.56 Å². The van der Waals surface area contributed by atoms with Crippen LogP contribution in [0.25, 0.3) is 6.08 Å². The van der Waals surface area contributed by atoms with E-state index in [9.17, 15) is 14.4 Å². The molecule has 1 aromatic heterocycles. The van der Waals surface area contributed by atoms with Gasteiger partial charge >= 0.3 is 11.9 Å². The summed E-state index contributed by atoms with van der Waals surface area (Å²) in [5.74, 6) is 0.438. The Balaban J connectivity index is 1.58. The molecule has 0 saturated carbocycles. The summed E-state index contributed by atoms with van der Waals surface area (Å²) < 4.78 is 35.8. The Labute approximate surface area is 305 Å². The number of methoxy groups -OCH3 is 2. The van der Waals surface area contributed by atoms with Gasteiger partial charge in [-0.15, -0.1) is 0 Å². The largest absolute Gasteiger partial charge is 0.493 e. The Morgan fingerprint density at radius 1 is 0.960 bits per heavy atom. The molecule has 1 atom stereocenters. The summed E-state index contributed by atoms with van der Waals surface area (Å²) in [5.41, 5.74) is 2.40. The van der Waals surface area contributed by atoms with Gasteiger partial charge in [-0.05, 0) is 79.9 Å². The van der Waals surface area contributed by atoms with Crippen LogP contribution in [0.3, 0.4) is 0 Å². The lowest BCUT2D eigenvalue weighted by Crippen LogP contribution is -2.40. The van der Waals surface area contributed by atoms with Crippen LogP contribution in [-0.2, 0) is 25.7 Å². The summed E-state index contributed by atoms with van der Waals surface area (Å²) in [7, 11) is 2.81. The molecule has 2 heterocycles. The second kappa shape index (κ2) is 16.4. The number of carbonyl (C=O) groups is 2.